The van der Waals surface area contributed by atoms with Gasteiger partial charge in [0.15, 0.2) is 0 Å². The summed E-state index contributed by atoms with van der Waals surface area (Å²) in [6.45, 7) is -1.34. The van der Waals surface area contributed by atoms with E-state index in [2.05, 4.69) is 10.1 Å². The first-order valence-corrected chi connectivity index (χ1v) is 7.42. The Morgan fingerprint density at radius 3 is 2.44 bits per heavy atom. The molecule has 5 nitrogen and oxygen atoms in total. The van der Waals surface area contributed by atoms with E-state index in [4.69, 9.17) is 0 Å². The number of alkyl halides is 3. The van der Waals surface area contributed by atoms with Crippen LogP contribution in [0.3, 0.4) is 0 Å². The Kier molecular flexibility index (Phi) is 3.34. The van der Waals surface area contributed by atoms with Crippen LogP contribution in [0.5, 0.6) is 0 Å². The number of rotatable bonds is 2. The van der Waals surface area contributed by atoms with Gasteiger partial charge in [-0.2, -0.15) is 18.3 Å². The summed E-state index contributed by atoms with van der Waals surface area (Å²) >= 11 is 0. The molecule has 4 aromatic rings. The first-order chi connectivity index (χ1) is 12.0. The zero-order chi connectivity index (χ0) is 17.6. The lowest BCUT2D eigenvalue weighted by atomic mass is 10.1. The summed E-state index contributed by atoms with van der Waals surface area (Å²) in [4.78, 5) is 16.6. The van der Waals surface area contributed by atoms with Crippen LogP contribution in [0.25, 0.3) is 27.5 Å². The van der Waals surface area contributed by atoms with Gasteiger partial charge in [0.25, 0.3) is 5.56 Å². The number of halogens is 3. The third-order valence-corrected chi connectivity index (χ3v) is 3.94. The van der Waals surface area contributed by atoms with Crippen molar-refractivity contribution in [3.8, 4) is 5.69 Å². The highest BCUT2D eigenvalue weighted by Gasteiger charge is 2.30. The van der Waals surface area contributed by atoms with E-state index in [9.17, 15) is 18.0 Å². The molecule has 0 amide bonds. The molecular formula is C17H11F3N4O. The summed E-state index contributed by atoms with van der Waals surface area (Å²) in [5.41, 5.74) is 0.646. The second-order valence-electron chi connectivity index (χ2n) is 5.55. The van der Waals surface area contributed by atoms with Crippen LogP contribution in [-0.4, -0.2) is 25.5 Å². The lowest BCUT2D eigenvalue weighted by Crippen LogP contribution is -2.28. The molecule has 0 N–H and O–H groups in total. The number of aromatic nitrogens is 4. The molecule has 0 atom stereocenters. The van der Waals surface area contributed by atoms with Crippen molar-refractivity contribution in [3.05, 3.63) is 65.3 Å². The molecule has 8 heteroatoms. The number of hydrogen-bond donors (Lipinski definition) is 0. The van der Waals surface area contributed by atoms with E-state index < -0.39 is 18.3 Å². The van der Waals surface area contributed by atoms with E-state index in [0.717, 1.165) is 4.57 Å². The fourth-order valence-corrected chi connectivity index (χ4v) is 2.95. The van der Waals surface area contributed by atoms with Crippen molar-refractivity contribution >= 4 is 21.8 Å². The molecule has 0 aliphatic heterocycles. The van der Waals surface area contributed by atoms with Crippen molar-refractivity contribution in [2.75, 3.05) is 0 Å². The molecule has 0 saturated carbocycles. The van der Waals surface area contributed by atoms with Crippen LogP contribution < -0.4 is 5.56 Å². The summed E-state index contributed by atoms with van der Waals surface area (Å²) in [6, 6.07) is 9.93. The van der Waals surface area contributed by atoms with Crippen LogP contribution in [-0.2, 0) is 6.54 Å². The molecule has 0 unspecified atom stereocenters. The first kappa shape index (κ1) is 15.4. The fourth-order valence-electron chi connectivity index (χ4n) is 2.95. The van der Waals surface area contributed by atoms with Gasteiger partial charge in [-0.3, -0.25) is 14.3 Å². The van der Waals surface area contributed by atoms with Crippen LogP contribution in [0.1, 0.15) is 0 Å². The highest BCUT2D eigenvalue weighted by atomic mass is 19.4. The maximum Gasteiger partial charge on any atom is 0.406 e. The molecule has 25 heavy (non-hydrogen) atoms. The van der Waals surface area contributed by atoms with Gasteiger partial charge in [-0.25, -0.2) is 4.68 Å². The zero-order valence-corrected chi connectivity index (χ0v) is 12.7. The summed E-state index contributed by atoms with van der Waals surface area (Å²) in [7, 11) is 0. The molecule has 1 aromatic carbocycles. The predicted octanol–water partition coefficient (Wildman–Crippen LogP) is 3.30. The van der Waals surface area contributed by atoms with Gasteiger partial charge in [0.05, 0.1) is 28.3 Å². The van der Waals surface area contributed by atoms with Gasteiger partial charge in [-0.1, -0.05) is 18.2 Å². The number of nitrogens with zero attached hydrogens (tertiary/aromatic N) is 4. The highest BCUT2D eigenvalue weighted by molar-refractivity contribution is 6.04. The van der Waals surface area contributed by atoms with Crippen LogP contribution >= 0.6 is 0 Å². The zero-order valence-electron chi connectivity index (χ0n) is 12.7. The van der Waals surface area contributed by atoms with E-state index in [1.165, 1.54) is 12.3 Å². The Morgan fingerprint density at radius 1 is 1.00 bits per heavy atom. The van der Waals surface area contributed by atoms with Gasteiger partial charge in [0, 0.05) is 17.8 Å². The summed E-state index contributed by atoms with van der Waals surface area (Å²) in [5, 5.41) is 4.87. The van der Waals surface area contributed by atoms with Crippen LogP contribution in [0.4, 0.5) is 13.2 Å². The minimum absolute atomic E-state index is 0.139. The average Bonchev–Trinajstić information content (AvgIpc) is 3.04. The van der Waals surface area contributed by atoms with Crippen molar-refractivity contribution < 1.29 is 13.2 Å². The van der Waals surface area contributed by atoms with E-state index in [0.29, 0.717) is 16.6 Å². The van der Waals surface area contributed by atoms with Gasteiger partial charge < -0.3 is 0 Å². The van der Waals surface area contributed by atoms with E-state index in [1.807, 2.05) is 0 Å². The molecule has 0 bridgehead atoms. The van der Waals surface area contributed by atoms with Crippen LogP contribution in [0.2, 0.25) is 0 Å². The highest BCUT2D eigenvalue weighted by Crippen LogP contribution is 2.27. The number of hydrogen-bond acceptors (Lipinski definition) is 3. The quantitative estimate of drug-likeness (QED) is 0.561. The molecule has 4 rings (SSSR count). The van der Waals surface area contributed by atoms with Crippen molar-refractivity contribution in [2.45, 2.75) is 12.7 Å². The number of para-hydroxylation sites is 1. The second kappa shape index (κ2) is 5.44. The summed E-state index contributed by atoms with van der Waals surface area (Å²) in [6.07, 6.45) is -0.0371. The summed E-state index contributed by atoms with van der Waals surface area (Å²) < 4.78 is 41.1. The first-order valence-electron chi connectivity index (χ1n) is 7.42. The molecule has 3 heterocycles. The fraction of sp³-hybridized carbons (Fsp3) is 0.118. The minimum atomic E-state index is -4.50. The third-order valence-electron chi connectivity index (χ3n) is 3.94. The lowest BCUT2D eigenvalue weighted by molar-refractivity contribution is -0.140. The topological polar surface area (TPSA) is 52.7 Å². The van der Waals surface area contributed by atoms with Gasteiger partial charge in [0.2, 0.25) is 0 Å². The summed E-state index contributed by atoms with van der Waals surface area (Å²) in [5.74, 6) is 0. The average molecular weight is 344 g/mol. The molecule has 0 saturated heterocycles. The number of benzene rings is 1. The van der Waals surface area contributed by atoms with Crippen LogP contribution in [0.15, 0.2) is 59.8 Å². The molecule has 0 aliphatic carbocycles. The minimum Gasteiger partial charge on any atom is -0.298 e. The van der Waals surface area contributed by atoms with Gasteiger partial charge in [-0.05, 0) is 18.2 Å². The van der Waals surface area contributed by atoms with Gasteiger partial charge in [-0.15, -0.1) is 0 Å². The number of pyridine rings is 2. The van der Waals surface area contributed by atoms with E-state index >= 15 is 0 Å². The maximum absolute atomic E-state index is 12.9. The molecule has 3 aromatic heterocycles. The second-order valence-corrected chi connectivity index (χ2v) is 5.55. The largest absolute Gasteiger partial charge is 0.406 e. The normalized spacial score (nSPS) is 12.1. The van der Waals surface area contributed by atoms with Gasteiger partial charge in [0.1, 0.15) is 6.54 Å². The van der Waals surface area contributed by atoms with E-state index in [1.54, 1.807) is 47.4 Å². The van der Waals surface area contributed by atoms with Crippen molar-refractivity contribution in [2.24, 2.45) is 0 Å². The Morgan fingerprint density at radius 2 is 1.72 bits per heavy atom. The molecule has 0 aliphatic rings. The van der Waals surface area contributed by atoms with Crippen molar-refractivity contribution in [1.82, 2.24) is 19.3 Å². The van der Waals surface area contributed by atoms with Gasteiger partial charge >= 0.3 is 6.18 Å². The third kappa shape index (κ3) is 2.55. The monoisotopic (exact) mass is 344 g/mol. The Balaban J connectivity index is 2.12. The Labute approximate surface area is 138 Å². The molecular weight excluding hydrogens is 333 g/mol. The maximum atomic E-state index is 12.9. The van der Waals surface area contributed by atoms with E-state index in [-0.39, 0.29) is 10.9 Å². The van der Waals surface area contributed by atoms with Crippen molar-refractivity contribution in [3.63, 3.8) is 0 Å². The standard InChI is InChI=1S/C17H11F3N4O/c18-17(19,20)10-23-14-4-2-1-3-12(14)15-13(16(23)25)9-22-24(15)11-5-7-21-8-6-11/h1-9H,10H2. The number of fused-ring (bicyclic) bond motifs is 3. The Hall–Kier alpha value is -3.16. The SMILES string of the molecule is O=c1c2cnn(-c3ccncc3)c2c2ccccc2n1CC(F)(F)F. The van der Waals surface area contributed by atoms with Crippen LogP contribution in [0, 0.1) is 0 Å². The van der Waals surface area contributed by atoms with Crippen molar-refractivity contribution in [1.29, 1.82) is 0 Å². The molecule has 0 spiro atoms. The lowest BCUT2D eigenvalue weighted by Gasteiger charge is -2.14. The predicted molar refractivity (Wildman–Crippen MR) is 86.7 cm³/mol. The Bertz CT molecular complexity index is 1130. The smallest absolute Gasteiger partial charge is 0.298 e. The molecule has 126 valence electrons. The molecule has 0 radical (unpaired) electrons. The molecule has 0 fully saturated rings.